The summed E-state index contributed by atoms with van der Waals surface area (Å²) in [4.78, 5) is 18.2. The number of aromatic nitrogens is 1. The predicted molar refractivity (Wildman–Crippen MR) is 89.6 cm³/mol. The number of anilines is 1. The first-order valence-corrected chi connectivity index (χ1v) is 7.96. The van der Waals surface area contributed by atoms with Crippen LogP contribution in [0.25, 0.3) is 0 Å². The van der Waals surface area contributed by atoms with E-state index in [0.29, 0.717) is 43.2 Å². The van der Waals surface area contributed by atoms with Crippen molar-refractivity contribution in [2.45, 2.75) is 13.5 Å². The molecule has 6 heteroatoms. The Labute approximate surface area is 140 Å². The summed E-state index contributed by atoms with van der Waals surface area (Å²) < 4.78 is 19.6. The number of rotatable bonds is 4. The molecule has 5 nitrogen and oxygen atoms in total. The van der Waals surface area contributed by atoms with E-state index >= 15 is 0 Å². The highest BCUT2D eigenvalue weighted by Gasteiger charge is 2.15. The van der Waals surface area contributed by atoms with Crippen LogP contribution < -0.4 is 10.2 Å². The Morgan fingerprint density at radius 3 is 2.83 bits per heavy atom. The highest BCUT2D eigenvalue weighted by atomic mass is 19.1. The number of hydrogen-bond donors (Lipinski definition) is 1. The van der Waals surface area contributed by atoms with Crippen molar-refractivity contribution in [3.05, 3.63) is 59.2 Å². The van der Waals surface area contributed by atoms with Crippen molar-refractivity contribution in [2.75, 3.05) is 31.2 Å². The number of carbonyl (C=O) groups excluding carboxylic acids is 1. The molecule has 2 heterocycles. The Hall–Kier alpha value is -2.47. The maximum atomic E-state index is 14.3. The molecule has 0 spiro atoms. The number of nitrogens with zero attached hydrogens (tertiary/aromatic N) is 2. The van der Waals surface area contributed by atoms with Crippen LogP contribution in [0, 0.1) is 12.7 Å². The molecule has 1 N–H and O–H groups in total. The molecule has 3 rings (SSSR count). The third-order valence-corrected chi connectivity index (χ3v) is 4.07. The number of pyridine rings is 1. The number of benzene rings is 1. The highest BCUT2D eigenvalue weighted by Crippen LogP contribution is 2.21. The van der Waals surface area contributed by atoms with Crippen molar-refractivity contribution < 1.29 is 13.9 Å². The highest BCUT2D eigenvalue weighted by molar-refractivity contribution is 5.95. The van der Waals surface area contributed by atoms with Crippen LogP contribution in [0.15, 0.2) is 36.5 Å². The fourth-order valence-electron chi connectivity index (χ4n) is 2.72. The lowest BCUT2D eigenvalue weighted by Crippen LogP contribution is -2.36. The summed E-state index contributed by atoms with van der Waals surface area (Å²) in [6, 6.07) is 8.52. The quantitative estimate of drug-likeness (QED) is 0.935. The largest absolute Gasteiger partial charge is 0.378 e. The van der Waals surface area contributed by atoms with E-state index in [1.54, 1.807) is 31.3 Å². The Kier molecular flexibility index (Phi) is 5.05. The van der Waals surface area contributed by atoms with E-state index in [2.05, 4.69) is 10.3 Å². The van der Waals surface area contributed by atoms with E-state index in [-0.39, 0.29) is 18.3 Å². The van der Waals surface area contributed by atoms with Crippen LogP contribution >= 0.6 is 0 Å². The second-order valence-corrected chi connectivity index (χ2v) is 5.70. The van der Waals surface area contributed by atoms with Crippen LogP contribution in [0.3, 0.4) is 0 Å². The molecule has 0 saturated carbocycles. The number of carbonyl (C=O) groups is 1. The Bertz CT molecular complexity index is 730. The molecule has 0 aliphatic carbocycles. The summed E-state index contributed by atoms with van der Waals surface area (Å²) in [5.74, 6) is -0.487. The van der Waals surface area contributed by atoms with Gasteiger partial charge in [-0.3, -0.25) is 9.78 Å². The van der Waals surface area contributed by atoms with Crippen molar-refractivity contribution in [1.29, 1.82) is 0 Å². The smallest absolute Gasteiger partial charge is 0.253 e. The van der Waals surface area contributed by atoms with Gasteiger partial charge < -0.3 is 15.0 Å². The number of morpholine rings is 1. The van der Waals surface area contributed by atoms with E-state index in [1.807, 2.05) is 11.0 Å². The molecule has 1 amide bonds. The van der Waals surface area contributed by atoms with Gasteiger partial charge >= 0.3 is 0 Å². The van der Waals surface area contributed by atoms with Gasteiger partial charge in [0.05, 0.1) is 24.5 Å². The lowest BCUT2D eigenvalue weighted by molar-refractivity contribution is 0.0949. The molecule has 1 aromatic carbocycles. The van der Waals surface area contributed by atoms with Gasteiger partial charge in [0, 0.05) is 31.5 Å². The number of amides is 1. The normalized spacial score (nSPS) is 14.5. The first-order chi connectivity index (χ1) is 11.6. The minimum atomic E-state index is -0.277. The fraction of sp³-hybridized carbons (Fsp3) is 0.333. The van der Waals surface area contributed by atoms with Gasteiger partial charge in [-0.15, -0.1) is 0 Å². The number of aryl methyl sites for hydroxylation is 1. The van der Waals surface area contributed by atoms with E-state index in [1.165, 1.54) is 6.07 Å². The summed E-state index contributed by atoms with van der Waals surface area (Å²) in [6.45, 7) is 4.66. The SMILES string of the molecule is Cc1ncccc1C(=O)NCc1ccc(N2CCOCC2)c(F)c1. The van der Waals surface area contributed by atoms with Crippen LogP contribution in [-0.2, 0) is 11.3 Å². The van der Waals surface area contributed by atoms with Crippen LogP contribution in [-0.4, -0.2) is 37.2 Å². The zero-order valence-corrected chi connectivity index (χ0v) is 13.6. The van der Waals surface area contributed by atoms with Crippen molar-refractivity contribution in [1.82, 2.24) is 10.3 Å². The first-order valence-electron chi connectivity index (χ1n) is 7.96. The summed E-state index contributed by atoms with van der Waals surface area (Å²) in [5, 5.41) is 2.80. The molecular weight excluding hydrogens is 309 g/mol. The molecule has 0 radical (unpaired) electrons. The monoisotopic (exact) mass is 329 g/mol. The van der Waals surface area contributed by atoms with Gasteiger partial charge in [0.1, 0.15) is 5.82 Å². The molecule has 0 atom stereocenters. The maximum Gasteiger partial charge on any atom is 0.253 e. The molecule has 24 heavy (non-hydrogen) atoms. The van der Waals surface area contributed by atoms with Crippen molar-refractivity contribution in [2.24, 2.45) is 0 Å². The van der Waals surface area contributed by atoms with Crippen LogP contribution in [0.1, 0.15) is 21.6 Å². The van der Waals surface area contributed by atoms with Gasteiger partial charge in [-0.05, 0) is 36.8 Å². The lowest BCUT2D eigenvalue weighted by atomic mass is 10.1. The molecule has 1 aliphatic heterocycles. The molecule has 1 saturated heterocycles. The van der Waals surface area contributed by atoms with E-state index in [0.717, 1.165) is 5.56 Å². The third kappa shape index (κ3) is 3.71. The molecule has 2 aromatic rings. The zero-order valence-electron chi connectivity index (χ0n) is 13.6. The van der Waals surface area contributed by atoms with Gasteiger partial charge in [-0.25, -0.2) is 4.39 Å². The van der Waals surface area contributed by atoms with Gasteiger partial charge in [-0.2, -0.15) is 0 Å². The number of nitrogens with one attached hydrogen (secondary N) is 1. The Morgan fingerprint density at radius 2 is 2.12 bits per heavy atom. The standard InChI is InChI=1S/C18H20FN3O2/c1-13-15(3-2-6-20-13)18(23)21-12-14-4-5-17(16(19)11-14)22-7-9-24-10-8-22/h2-6,11H,7-10,12H2,1H3,(H,21,23). The summed E-state index contributed by atoms with van der Waals surface area (Å²) in [7, 11) is 0. The van der Waals surface area contributed by atoms with E-state index in [4.69, 9.17) is 4.74 Å². The zero-order chi connectivity index (χ0) is 16.9. The van der Waals surface area contributed by atoms with Gasteiger partial charge in [-0.1, -0.05) is 6.07 Å². The maximum absolute atomic E-state index is 14.3. The van der Waals surface area contributed by atoms with Crippen molar-refractivity contribution in [3.8, 4) is 0 Å². The van der Waals surface area contributed by atoms with Gasteiger partial charge in [0.2, 0.25) is 0 Å². The molecule has 1 fully saturated rings. The van der Waals surface area contributed by atoms with Gasteiger partial charge in [0.25, 0.3) is 5.91 Å². The topological polar surface area (TPSA) is 54.5 Å². The lowest BCUT2D eigenvalue weighted by Gasteiger charge is -2.29. The summed E-state index contributed by atoms with van der Waals surface area (Å²) >= 11 is 0. The molecule has 126 valence electrons. The molecule has 1 aliphatic rings. The van der Waals surface area contributed by atoms with Crippen molar-refractivity contribution >= 4 is 11.6 Å². The summed E-state index contributed by atoms with van der Waals surface area (Å²) in [6.07, 6.45) is 1.64. The van der Waals surface area contributed by atoms with Crippen LogP contribution in [0.2, 0.25) is 0 Å². The minimum Gasteiger partial charge on any atom is -0.378 e. The Balaban J connectivity index is 1.64. The minimum absolute atomic E-state index is 0.210. The number of hydrogen-bond acceptors (Lipinski definition) is 4. The first kappa shape index (κ1) is 16.4. The van der Waals surface area contributed by atoms with E-state index in [9.17, 15) is 9.18 Å². The summed E-state index contributed by atoms with van der Waals surface area (Å²) in [5.41, 5.74) is 2.50. The predicted octanol–water partition coefficient (Wildman–Crippen LogP) is 2.30. The fourth-order valence-corrected chi connectivity index (χ4v) is 2.72. The third-order valence-electron chi connectivity index (χ3n) is 4.07. The molecule has 1 aromatic heterocycles. The Morgan fingerprint density at radius 1 is 1.33 bits per heavy atom. The average molecular weight is 329 g/mol. The number of halogens is 1. The molecule has 0 bridgehead atoms. The van der Waals surface area contributed by atoms with E-state index < -0.39 is 0 Å². The molecule has 0 unspecified atom stereocenters. The molecular formula is C18H20FN3O2. The van der Waals surface area contributed by atoms with Crippen LogP contribution in [0.4, 0.5) is 10.1 Å². The average Bonchev–Trinajstić information content (AvgIpc) is 2.61. The van der Waals surface area contributed by atoms with Crippen LogP contribution in [0.5, 0.6) is 0 Å². The van der Waals surface area contributed by atoms with Gasteiger partial charge in [0.15, 0.2) is 0 Å². The number of ether oxygens (including phenoxy) is 1. The second-order valence-electron chi connectivity index (χ2n) is 5.70. The van der Waals surface area contributed by atoms with Crippen molar-refractivity contribution in [3.63, 3.8) is 0 Å². The second kappa shape index (κ2) is 7.40.